The molecule has 0 unspecified atom stereocenters. The Hall–Kier alpha value is -3.74. The zero-order valence-electron chi connectivity index (χ0n) is 15.5. The van der Waals surface area contributed by atoms with E-state index in [9.17, 15) is 19.8 Å². The Morgan fingerprint density at radius 2 is 1.79 bits per heavy atom. The Kier molecular flexibility index (Phi) is 5.08. The molecule has 2 aromatic carbocycles. The van der Waals surface area contributed by atoms with Gasteiger partial charge in [-0.2, -0.15) is 0 Å². The summed E-state index contributed by atoms with van der Waals surface area (Å²) in [6, 6.07) is 7.67. The summed E-state index contributed by atoms with van der Waals surface area (Å²) in [6.07, 6.45) is 2.72. The van der Waals surface area contributed by atoms with Gasteiger partial charge in [-0.25, -0.2) is 0 Å². The van der Waals surface area contributed by atoms with Gasteiger partial charge in [0.1, 0.15) is 17.1 Å². The van der Waals surface area contributed by atoms with Crippen LogP contribution in [0.4, 0.5) is 0 Å². The minimum Gasteiger partial charge on any atom is -0.508 e. The lowest BCUT2D eigenvalue weighted by molar-refractivity contribution is -0.113. The van der Waals surface area contributed by atoms with Crippen LogP contribution in [0.25, 0.3) is 17.0 Å². The largest absolute Gasteiger partial charge is 0.508 e. The van der Waals surface area contributed by atoms with Gasteiger partial charge < -0.3 is 24.1 Å². The van der Waals surface area contributed by atoms with Gasteiger partial charge in [0.05, 0.1) is 31.4 Å². The van der Waals surface area contributed by atoms with Gasteiger partial charge in [-0.1, -0.05) is 12.1 Å². The number of rotatable bonds is 6. The first-order chi connectivity index (χ1) is 13.4. The number of carbonyl (C=O) groups is 2. The van der Waals surface area contributed by atoms with Crippen LogP contribution in [0.2, 0.25) is 0 Å². The van der Waals surface area contributed by atoms with Crippen LogP contribution in [-0.2, 0) is 4.79 Å². The SMILES string of the molecule is COc1c(C(=O)C(=Cc2cccc(O)c2)C(C)=O)c(O)c(OC)c2occc12. The van der Waals surface area contributed by atoms with E-state index in [1.165, 1.54) is 45.6 Å². The minimum absolute atomic E-state index is 0.00832. The first-order valence-electron chi connectivity index (χ1n) is 8.29. The molecular weight excluding hydrogens is 364 g/mol. The lowest BCUT2D eigenvalue weighted by Gasteiger charge is -2.14. The van der Waals surface area contributed by atoms with Gasteiger partial charge in [0.15, 0.2) is 17.1 Å². The van der Waals surface area contributed by atoms with Crippen molar-refractivity contribution < 1.29 is 33.7 Å². The van der Waals surface area contributed by atoms with Crippen LogP contribution >= 0.6 is 0 Å². The molecule has 0 spiro atoms. The van der Waals surface area contributed by atoms with E-state index < -0.39 is 17.3 Å². The molecule has 0 amide bonds. The maximum Gasteiger partial charge on any atom is 0.205 e. The number of furan rings is 1. The van der Waals surface area contributed by atoms with Gasteiger partial charge >= 0.3 is 0 Å². The molecule has 0 radical (unpaired) electrons. The number of fused-ring (bicyclic) bond motifs is 1. The van der Waals surface area contributed by atoms with E-state index >= 15 is 0 Å². The molecule has 2 N–H and O–H groups in total. The summed E-state index contributed by atoms with van der Waals surface area (Å²) in [6.45, 7) is 1.24. The molecule has 7 heteroatoms. The highest BCUT2D eigenvalue weighted by atomic mass is 16.5. The second-order valence-electron chi connectivity index (χ2n) is 5.99. The molecule has 0 aliphatic carbocycles. The maximum atomic E-state index is 13.2. The predicted octanol–water partition coefficient (Wildman–Crippen LogP) is 3.72. The Balaban J connectivity index is 2.26. The van der Waals surface area contributed by atoms with E-state index in [-0.39, 0.29) is 34.0 Å². The zero-order valence-corrected chi connectivity index (χ0v) is 15.5. The molecule has 0 fully saturated rings. The van der Waals surface area contributed by atoms with Crippen LogP contribution < -0.4 is 9.47 Å². The molecule has 0 aliphatic heterocycles. The Bertz CT molecular complexity index is 1110. The molecule has 7 nitrogen and oxygen atoms in total. The van der Waals surface area contributed by atoms with Crippen LogP contribution in [0, 0.1) is 0 Å². The highest BCUT2D eigenvalue weighted by Gasteiger charge is 2.30. The van der Waals surface area contributed by atoms with Crippen molar-refractivity contribution in [1.29, 1.82) is 0 Å². The maximum absolute atomic E-state index is 13.2. The number of allylic oxidation sites excluding steroid dienone is 1. The fraction of sp³-hybridized carbons (Fsp3) is 0.143. The average Bonchev–Trinajstić information content (AvgIpc) is 3.13. The second-order valence-corrected chi connectivity index (χ2v) is 5.99. The first-order valence-corrected chi connectivity index (χ1v) is 8.29. The third kappa shape index (κ3) is 3.18. The molecule has 1 aromatic heterocycles. The van der Waals surface area contributed by atoms with Crippen LogP contribution in [0.1, 0.15) is 22.8 Å². The molecule has 3 aromatic rings. The van der Waals surface area contributed by atoms with Crippen molar-refractivity contribution in [3.63, 3.8) is 0 Å². The standard InChI is InChI=1S/C21H18O7/c1-11(22)15(10-12-5-4-6-13(23)9-12)17(24)16-18(25)21(27-3)20-14(7-8-28-20)19(16)26-2/h4-10,23,25H,1-3H3. The van der Waals surface area contributed by atoms with Crippen molar-refractivity contribution in [1.82, 2.24) is 0 Å². The number of Topliss-reactive ketones (excluding diaryl/α,β-unsaturated/α-hetero) is 2. The van der Waals surface area contributed by atoms with Crippen molar-refractivity contribution in [3.8, 4) is 23.0 Å². The molecule has 144 valence electrons. The van der Waals surface area contributed by atoms with E-state index in [4.69, 9.17) is 13.9 Å². The Morgan fingerprint density at radius 3 is 2.39 bits per heavy atom. The van der Waals surface area contributed by atoms with Crippen LogP contribution in [0.15, 0.2) is 46.6 Å². The highest BCUT2D eigenvalue weighted by Crippen LogP contribution is 2.46. The lowest BCUT2D eigenvalue weighted by atomic mass is 9.95. The molecular formula is C21H18O7. The number of phenolic OH excluding ortho intramolecular Hbond substituents is 2. The molecule has 0 bridgehead atoms. The van der Waals surface area contributed by atoms with Crippen molar-refractivity contribution in [2.75, 3.05) is 14.2 Å². The van der Waals surface area contributed by atoms with E-state index in [0.29, 0.717) is 10.9 Å². The van der Waals surface area contributed by atoms with Crippen LogP contribution in [-0.4, -0.2) is 36.0 Å². The molecule has 1 heterocycles. The van der Waals surface area contributed by atoms with E-state index in [1.54, 1.807) is 18.2 Å². The lowest BCUT2D eigenvalue weighted by Crippen LogP contribution is -2.12. The summed E-state index contributed by atoms with van der Waals surface area (Å²) >= 11 is 0. The van der Waals surface area contributed by atoms with E-state index in [2.05, 4.69) is 0 Å². The van der Waals surface area contributed by atoms with Crippen molar-refractivity contribution in [3.05, 3.63) is 53.3 Å². The summed E-state index contributed by atoms with van der Waals surface area (Å²) in [5, 5.41) is 20.7. The first kappa shape index (κ1) is 19.0. The van der Waals surface area contributed by atoms with Gasteiger partial charge in [-0.3, -0.25) is 9.59 Å². The van der Waals surface area contributed by atoms with E-state index in [0.717, 1.165) is 0 Å². The average molecular weight is 382 g/mol. The summed E-state index contributed by atoms with van der Waals surface area (Å²) < 4.78 is 15.9. The van der Waals surface area contributed by atoms with Gasteiger partial charge in [0, 0.05) is 0 Å². The summed E-state index contributed by atoms with van der Waals surface area (Å²) in [5.74, 6) is -1.73. The monoisotopic (exact) mass is 382 g/mol. The number of hydrogen-bond donors (Lipinski definition) is 2. The number of methoxy groups -OCH3 is 2. The molecule has 0 saturated carbocycles. The second kappa shape index (κ2) is 7.48. The van der Waals surface area contributed by atoms with Gasteiger partial charge in [0.2, 0.25) is 11.5 Å². The Morgan fingerprint density at radius 1 is 1.07 bits per heavy atom. The van der Waals surface area contributed by atoms with E-state index in [1.807, 2.05) is 0 Å². The molecule has 3 rings (SSSR count). The fourth-order valence-electron chi connectivity index (χ4n) is 2.98. The van der Waals surface area contributed by atoms with Crippen molar-refractivity contribution in [2.45, 2.75) is 6.92 Å². The Labute approximate surface area is 160 Å². The fourth-order valence-corrected chi connectivity index (χ4v) is 2.98. The van der Waals surface area contributed by atoms with Gasteiger partial charge in [0.25, 0.3) is 0 Å². The summed E-state index contributed by atoms with van der Waals surface area (Å²) in [5.41, 5.74) is 0.266. The number of carbonyl (C=O) groups excluding carboxylic acids is 2. The highest BCUT2D eigenvalue weighted by molar-refractivity contribution is 6.31. The minimum atomic E-state index is -0.744. The van der Waals surface area contributed by atoms with Crippen molar-refractivity contribution >= 4 is 28.6 Å². The number of hydrogen-bond acceptors (Lipinski definition) is 7. The normalized spacial score (nSPS) is 11.5. The summed E-state index contributed by atoms with van der Waals surface area (Å²) in [4.78, 5) is 25.4. The number of aromatic hydroxyl groups is 2. The van der Waals surface area contributed by atoms with Gasteiger partial charge in [-0.05, 0) is 36.8 Å². The quantitative estimate of drug-likeness (QED) is 0.290. The number of ether oxygens (including phenoxy) is 2. The van der Waals surface area contributed by atoms with Gasteiger partial charge in [-0.15, -0.1) is 0 Å². The van der Waals surface area contributed by atoms with Crippen LogP contribution in [0.5, 0.6) is 23.0 Å². The topological polar surface area (TPSA) is 106 Å². The zero-order chi connectivity index (χ0) is 20.4. The third-order valence-electron chi connectivity index (χ3n) is 4.24. The summed E-state index contributed by atoms with van der Waals surface area (Å²) in [7, 11) is 2.67. The third-order valence-corrected chi connectivity index (χ3v) is 4.24. The van der Waals surface area contributed by atoms with Crippen LogP contribution in [0.3, 0.4) is 0 Å². The smallest absolute Gasteiger partial charge is 0.205 e. The molecule has 28 heavy (non-hydrogen) atoms. The number of ketones is 2. The predicted molar refractivity (Wildman–Crippen MR) is 102 cm³/mol. The number of benzene rings is 2. The molecule has 0 saturated heterocycles. The molecule has 0 atom stereocenters. The molecule has 0 aliphatic rings. The number of phenols is 2. The van der Waals surface area contributed by atoms with Crippen molar-refractivity contribution in [2.24, 2.45) is 0 Å².